The normalized spacial score (nSPS) is 11.9. The Balaban J connectivity index is 2.10. The van der Waals surface area contributed by atoms with Crippen molar-refractivity contribution in [2.75, 3.05) is 5.32 Å². The van der Waals surface area contributed by atoms with Crippen LogP contribution < -0.4 is 5.32 Å². The van der Waals surface area contributed by atoms with Crippen LogP contribution in [0.3, 0.4) is 0 Å². The van der Waals surface area contributed by atoms with Gasteiger partial charge >= 0.3 is 5.69 Å². The molecule has 7 nitrogen and oxygen atoms in total. The Bertz CT molecular complexity index is 656. The predicted molar refractivity (Wildman–Crippen MR) is 73.7 cm³/mol. The molecule has 0 bridgehead atoms. The third-order valence-corrected chi connectivity index (χ3v) is 2.90. The number of amides is 1. The summed E-state index contributed by atoms with van der Waals surface area (Å²) in [6.07, 6.45) is 2.31. The van der Waals surface area contributed by atoms with Crippen molar-refractivity contribution < 1.29 is 9.72 Å². The average Bonchev–Trinajstić information content (AvgIpc) is 2.87. The van der Waals surface area contributed by atoms with Crippen molar-refractivity contribution in [3.05, 3.63) is 51.8 Å². The van der Waals surface area contributed by atoms with Gasteiger partial charge in [0, 0.05) is 10.7 Å². The molecule has 1 atom stereocenters. The second kappa shape index (κ2) is 5.70. The number of nitrogens with zero attached hydrogens (tertiary/aromatic N) is 3. The number of halogens is 1. The molecule has 0 aliphatic rings. The fraction of sp³-hybridized carbons (Fsp3) is 0.167. The Hall–Kier alpha value is -2.41. The monoisotopic (exact) mass is 294 g/mol. The van der Waals surface area contributed by atoms with Gasteiger partial charge in [0.2, 0.25) is 5.91 Å². The van der Waals surface area contributed by atoms with Crippen LogP contribution in [0, 0.1) is 10.1 Å². The van der Waals surface area contributed by atoms with Crippen molar-refractivity contribution in [2.24, 2.45) is 0 Å². The first-order chi connectivity index (χ1) is 9.47. The number of carbonyl (C=O) groups excluding carboxylic acids is 1. The molecule has 0 radical (unpaired) electrons. The van der Waals surface area contributed by atoms with Gasteiger partial charge in [-0.15, -0.1) is 0 Å². The van der Waals surface area contributed by atoms with E-state index in [1.165, 1.54) is 10.9 Å². The van der Waals surface area contributed by atoms with Gasteiger partial charge in [-0.25, -0.2) is 0 Å². The quantitative estimate of drug-likeness (QED) is 0.693. The third-order valence-electron chi connectivity index (χ3n) is 2.67. The summed E-state index contributed by atoms with van der Waals surface area (Å²) < 4.78 is 1.23. The van der Waals surface area contributed by atoms with E-state index in [0.717, 1.165) is 6.20 Å². The van der Waals surface area contributed by atoms with E-state index < -0.39 is 11.0 Å². The van der Waals surface area contributed by atoms with Crippen LogP contribution in [0.15, 0.2) is 36.7 Å². The van der Waals surface area contributed by atoms with Crippen molar-refractivity contribution in [1.29, 1.82) is 0 Å². The second-order valence-corrected chi connectivity index (χ2v) is 4.55. The highest BCUT2D eigenvalue weighted by atomic mass is 35.5. The third kappa shape index (κ3) is 3.12. The molecule has 0 fully saturated rings. The lowest BCUT2D eigenvalue weighted by atomic mass is 10.2. The Morgan fingerprint density at radius 3 is 2.90 bits per heavy atom. The van der Waals surface area contributed by atoms with E-state index in [0.29, 0.717) is 10.7 Å². The van der Waals surface area contributed by atoms with Crippen LogP contribution in [0.25, 0.3) is 0 Å². The van der Waals surface area contributed by atoms with E-state index in [1.54, 1.807) is 31.2 Å². The molecule has 1 heterocycles. The minimum atomic E-state index is -0.678. The zero-order valence-electron chi connectivity index (χ0n) is 10.5. The van der Waals surface area contributed by atoms with Crippen LogP contribution in [0.2, 0.25) is 5.02 Å². The fourth-order valence-electron chi connectivity index (χ4n) is 1.57. The molecule has 0 saturated carbocycles. The molecule has 2 aromatic rings. The number of hydrogen-bond donors (Lipinski definition) is 1. The Morgan fingerprint density at radius 2 is 2.30 bits per heavy atom. The van der Waals surface area contributed by atoms with Gasteiger partial charge in [-0.2, -0.15) is 5.10 Å². The van der Waals surface area contributed by atoms with Crippen LogP contribution in [0.5, 0.6) is 0 Å². The fourth-order valence-corrected chi connectivity index (χ4v) is 1.76. The lowest BCUT2D eigenvalue weighted by Gasteiger charge is -2.12. The van der Waals surface area contributed by atoms with E-state index in [9.17, 15) is 14.9 Å². The molecule has 1 N–H and O–H groups in total. The maximum absolute atomic E-state index is 12.0. The molecule has 20 heavy (non-hydrogen) atoms. The van der Waals surface area contributed by atoms with Crippen molar-refractivity contribution in [3.8, 4) is 0 Å². The molecule has 1 aromatic heterocycles. The number of nitrogens with one attached hydrogen (secondary N) is 1. The minimum Gasteiger partial charge on any atom is -0.324 e. The molecular formula is C12H11ClN4O3. The highest BCUT2D eigenvalue weighted by Gasteiger charge is 2.19. The molecule has 0 unspecified atom stereocenters. The summed E-state index contributed by atoms with van der Waals surface area (Å²) in [6, 6.07) is 6.03. The molecule has 104 valence electrons. The number of hydrogen-bond acceptors (Lipinski definition) is 4. The van der Waals surface area contributed by atoms with E-state index >= 15 is 0 Å². The first kappa shape index (κ1) is 14.0. The van der Waals surface area contributed by atoms with Gasteiger partial charge in [-0.1, -0.05) is 17.7 Å². The molecule has 0 saturated heterocycles. The van der Waals surface area contributed by atoms with E-state index in [-0.39, 0.29) is 11.6 Å². The van der Waals surface area contributed by atoms with Gasteiger partial charge in [-0.05, 0) is 25.1 Å². The molecule has 0 aliphatic carbocycles. The molecule has 1 amide bonds. The zero-order chi connectivity index (χ0) is 14.7. The van der Waals surface area contributed by atoms with Gasteiger partial charge in [0.25, 0.3) is 0 Å². The van der Waals surface area contributed by atoms with Gasteiger partial charge in [-0.3, -0.25) is 19.6 Å². The molecule has 0 aliphatic heterocycles. The van der Waals surface area contributed by atoms with Crippen LogP contribution >= 0.6 is 11.6 Å². The van der Waals surface area contributed by atoms with Gasteiger partial charge in [0.05, 0.1) is 4.92 Å². The maximum Gasteiger partial charge on any atom is 0.307 e. The van der Waals surface area contributed by atoms with Crippen molar-refractivity contribution in [2.45, 2.75) is 13.0 Å². The minimum absolute atomic E-state index is 0.160. The van der Waals surface area contributed by atoms with Crippen LogP contribution in [0.1, 0.15) is 13.0 Å². The highest BCUT2D eigenvalue weighted by molar-refractivity contribution is 6.30. The topological polar surface area (TPSA) is 90.1 Å². The smallest absolute Gasteiger partial charge is 0.307 e. The highest BCUT2D eigenvalue weighted by Crippen LogP contribution is 2.18. The first-order valence-electron chi connectivity index (χ1n) is 5.72. The number of benzene rings is 1. The Morgan fingerprint density at radius 1 is 1.55 bits per heavy atom. The summed E-state index contributed by atoms with van der Waals surface area (Å²) in [5.74, 6) is -0.342. The average molecular weight is 295 g/mol. The summed E-state index contributed by atoms with van der Waals surface area (Å²) >= 11 is 5.82. The second-order valence-electron chi connectivity index (χ2n) is 4.11. The molecule has 1 aromatic carbocycles. The van der Waals surface area contributed by atoms with Crippen molar-refractivity contribution in [3.63, 3.8) is 0 Å². The van der Waals surface area contributed by atoms with Gasteiger partial charge in [0.1, 0.15) is 18.4 Å². The van der Waals surface area contributed by atoms with Gasteiger partial charge < -0.3 is 5.32 Å². The van der Waals surface area contributed by atoms with Gasteiger partial charge in [0.15, 0.2) is 0 Å². The van der Waals surface area contributed by atoms with E-state index in [1.807, 2.05) is 0 Å². The predicted octanol–water partition coefficient (Wildman–Crippen LogP) is 2.64. The standard InChI is InChI=1S/C12H11ClN4O3/c1-8(16-7-11(6-14-16)17(19)20)12(18)15-10-4-2-3-9(13)5-10/h2-8H,1H3,(H,15,18)/t8-/m1/s1. The van der Waals surface area contributed by atoms with Crippen molar-refractivity contribution >= 4 is 28.9 Å². The van der Waals surface area contributed by atoms with E-state index in [2.05, 4.69) is 10.4 Å². The molecule has 0 spiro atoms. The summed E-state index contributed by atoms with van der Waals surface area (Å²) in [6.45, 7) is 1.59. The SMILES string of the molecule is C[C@H](C(=O)Nc1cccc(Cl)c1)n1cc([N+](=O)[O-])cn1. The maximum atomic E-state index is 12.0. The largest absolute Gasteiger partial charge is 0.324 e. The van der Waals surface area contributed by atoms with E-state index in [4.69, 9.17) is 11.6 Å². The number of anilines is 1. The van der Waals surface area contributed by atoms with Crippen LogP contribution in [-0.2, 0) is 4.79 Å². The Labute approximate surface area is 119 Å². The molecular weight excluding hydrogens is 284 g/mol. The summed E-state index contributed by atoms with van der Waals surface area (Å²) in [4.78, 5) is 22.0. The summed E-state index contributed by atoms with van der Waals surface area (Å²) in [5, 5.41) is 17.5. The molecule has 8 heteroatoms. The lowest BCUT2D eigenvalue weighted by Crippen LogP contribution is -2.23. The lowest BCUT2D eigenvalue weighted by molar-refractivity contribution is -0.385. The first-order valence-corrected chi connectivity index (χ1v) is 6.10. The molecule has 2 rings (SSSR count). The summed E-state index contributed by atoms with van der Waals surface area (Å²) in [7, 11) is 0. The number of nitro groups is 1. The van der Waals surface area contributed by atoms with Crippen molar-refractivity contribution in [1.82, 2.24) is 9.78 Å². The number of carbonyl (C=O) groups is 1. The zero-order valence-corrected chi connectivity index (χ0v) is 11.2. The Kier molecular flexibility index (Phi) is 3.99. The number of aromatic nitrogens is 2. The number of rotatable bonds is 4. The van der Waals surface area contributed by atoms with Crippen LogP contribution in [-0.4, -0.2) is 20.6 Å². The summed E-state index contributed by atoms with van der Waals surface area (Å²) in [5.41, 5.74) is 0.392. The van der Waals surface area contributed by atoms with Crippen LogP contribution in [0.4, 0.5) is 11.4 Å².